The van der Waals surface area contributed by atoms with Crippen LogP contribution in [0.2, 0.25) is 0 Å². The standard InChI is InChI=1S/C15H21N3O2/c1-5-14-16-12-7-6-11(15(19)20)8-13(12)18(14)9-10(2)17(3)4/h6-8,10H,5,9H2,1-4H3,(H,19,20). The summed E-state index contributed by atoms with van der Waals surface area (Å²) in [5, 5.41) is 9.13. The summed E-state index contributed by atoms with van der Waals surface area (Å²) in [6, 6.07) is 5.46. The lowest BCUT2D eigenvalue weighted by atomic mass is 10.2. The SMILES string of the molecule is CCc1nc2ccc(C(=O)O)cc2n1CC(C)N(C)C. The molecule has 0 aliphatic rings. The fraction of sp³-hybridized carbons (Fsp3) is 0.467. The smallest absolute Gasteiger partial charge is 0.335 e. The van der Waals surface area contributed by atoms with Gasteiger partial charge in [-0.15, -0.1) is 0 Å². The first kappa shape index (κ1) is 14.5. The zero-order chi connectivity index (χ0) is 14.9. The number of hydrogen-bond donors (Lipinski definition) is 1. The molecule has 0 saturated carbocycles. The van der Waals surface area contributed by atoms with E-state index >= 15 is 0 Å². The van der Waals surface area contributed by atoms with Crippen molar-refractivity contribution in [1.29, 1.82) is 0 Å². The minimum atomic E-state index is -0.904. The van der Waals surface area contributed by atoms with Crippen molar-refractivity contribution in [2.45, 2.75) is 32.9 Å². The summed E-state index contributed by atoms with van der Waals surface area (Å²) in [6.07, 6.45) is 0.831. The number of fused-ring (bicyclic) bond motifs is 1. The van der Waals surface area contributed by atoms with E-state index in [0.717, 1.165) is 29.8 Å². The Morgan fingerprint density at radius 3 is 2.70 bits per heavy atom. The van der Waals surface area contributed by atoms with E-state index in [4.69, 9.17) is 5.11 Å². The lowest BCUT2D eigenvalue weighted by Gasteiger charge is -2.21. The number of carbonyl (C=O) groups is 1. The Kier molecular flexibility index (Phi) is 4.09. The third kappa shape index (κ3) is 2.67. The Hall–Kier alpha value is -1.88. The number of likely N-dealkylation sites (N-methyl/N-ethyl adjacent to an activating group) is 1. The average molecular weight is 275 g/mol. The quantitative estimate of drug-likeness (QED) is 0.909. The van der Waals surface area contributed by atoms with Gasteiger partial charge in [0, 0.05) is 19.0 Å². The number of aryl methyl sites for hydroxylation is 1. The highest BCUT2D eigenvalue weighted by atomic mass is 16.4. The predicted molar refractivity (Wildman–Crippen MR) is 79.2 cm³/mol. The third-order valence-electron chi connectivity index (χ3n) is 3.72. The number of nitrogens with zero attached hydrogens (tertiary/aromatic N) is 3. The number of aromatic nitrogens is 2. The van der Waals surface area contributed by atoms with Crippen molar-refractivity contribution < 1.29 is 9.90 Å². The molecule has 0 amide bonds. The van der Waals surface area contributed by atoms with Gasteiger partial charge in [-0.3, -0.25) is 0 Å². The summed E-state index contributed by atoms with van der Waals surface area (Å²) in [7, 11) is 4.08. The molecule has 0 radical (unpaired) electrons. The van der Waals surface area contributed by atoms with Gasteiger partial charge < -0.3 is 14.6 Å². The molecule has 1 unspecified atom stereocenters. The number of benzene rings is 1. The molecule has 5 heteroatoms. The van der Waals surface area contributed by atoms with Crippen molar-refractivity contribution in [1.82, 2.24) is 14.5 Å². The summed E-state index contributed by atoms with van der Waals surface area (Å²) < 4.78 is 2.13. The normalized spacial score (nSPS) is 13.1. The number of imidazole rings is 1. The zero-order valence-electron chi connectivity index (χ0n) is 12.4. The Labute approximate surface area is 118 Å². The zero-order valence-corrected chi connectivity index (χ0v) is 12.4. The number of rotatable bonds is 5. The van der Waals surface area contributed by atoms with Crippen LogP contribution in [-0.2, 0) is 13.0 Å². The van der Waals surface area contributed by atoms with Crippen molar-refractivity contribution in [3.8, 4) is 0 Å². The first-order valence-electron chi connectivity index (χ1n) is 6.83. The van der Waals surface area contributed by atoms with Crippen LogP contribution in [0, 0.1) is 0 Å². The monoisotopic (exact) mass is 275 g/mol. The molecule has 1 aromatic heterocycles. The molecule has 0 saturated heterocycles. The van der Waals surface area contributed by atoms with Gasteiger partial charge in [0.05, 0.1) is 16.6 Å². The summed E-state index contributed by atoms with van der Waals surface area (Å²) in [5.41, 5.74) is 2.06. The van der Waals surface area contributed by atoms with Gasteiger partial charge in [-0.05, 0) is 39.2 Å². The first-order chi connectivity index (χ1) is 9.43. The maximum atomic E-state index is 11.1. The van der Waals surface area contributed by atoms with E-state index in [0.29, 0.717) is 11.6 Å². The van der Waals surface area contributed by atoms with E-state index in [9.17, 15) is 4.79 Å². The van der Waals surface area contributed by atoms with Crippen LogP contribution in [0.3, 0.4) is 0 Å². The Morgan fingerprint density at radius 1 is 1.45 bits per heavy atom. The van der Waals surface area contributed by atoms with Gasteiger partial charge in [0.1, 0.15) is 5.82 Å². The lowest BCUT2D eigenvalue weighted by molar-refractivity contribution is 0.0697. The second kappa shape index (κ2) is 5.63. The van der Waals surface area contributed by atoms with Crippen LogP contribution < -0.4 is 0 Å². The van der Waals surface area contributed by atoms with Gasteiger partial charge in [0.25, 0.3) is 0 Å². The number of hydrogen-bond acceptors (Lipinski definition) is 3. The van der Waals surface area contributed by atoms with Gasteiger partial charge in [0.2, 0.25) is 0 Å². The van der Waals surface area contributed by atoms with Crippen molar-refractivity contribution in [2.75, 3.05) is 14.1 Å². The van der Waals surface area contributed by atoms with Gasteiger partial charge in [0.15, 0.2) is 0 Å². The van der Waals surface area contributed by atoms with Crippen molar-refractivity contribution in [3.05, 3.63) is 29.6 Å². The predicted octanol–water partition coefficient (Wildman–Crippen LogP) is 2.25. The lowest BCUT2D eigenvalue weighted by Crippen LogP contribution is -2.29. The highest BCUT2D eigenvalue weighted by Gasteiger charge is 2.15. The molecule has 1 N–H and O–H groups in total. The van der Waals surface area contributed by atoms with Crippen molar-refractivity contribution in [2.24, 2.45) is 0 Å². The average Bonchev–Trinajstić information content (AvgIpc) is 2.75. The fourth-order valence-electron chi connectivity index (χ4n) is 2.21. The Morgan fingerprint density at radius 2 is 2.15 bits per heavy atom. The second-order valence-corrected chi connectivity index (χ2v) is 5.31. The molecule has 1 atom stereocenters. The van der Waals surface area contributed by atoms with E-state index in [1.54, 1.807) is 18.2 Å². The fourth-order valence-corrected chi connectivity index (χ4v) is 2.21. The van der Waals surface area contributed by atoms with E-state index in [1.165, 1.54) is 0 Å². The first-order valence-corrected chi connectivity index (χ1v) is 6.83. The summed E-state index contributed by atoms with van der Waals surface area (Å²) in [6.45, 7) is 5.01. The molecule has 2 rings (SSSR count). The third-order valence-corrected chi connectivity index (χ3v) is 3.72. The van der Waals surface area contributed by atoms with E-state index in [2.05, 4.69) is 28.3 Å². The molecule has 5 nitrogen and oxygen atoms in total. The molecule has 1 heterocycles. The molecule has 2 aromatic rings. The molecule has 108 valence electrons. The molecule has 0 spiro atoms. The van der Waals surface area contributed by atoms with Crippen LogP contribution in [0.15, 0.2) is 18.2 Å². The summed E-state index contributed by atoms with van der Waals surface area (Å²) in [5.74, 6) is 0.0922. The van der Waals surface area contributed by atoms with Crippen LogP contribution >= 0.6 is 0 Å². The highest BCUT2D eigenvalue weighted by Crippen LogP contribution is 2.20. The van der Waals surface area contributed by atoms with Gasteiger partial charge in [-0.2, -0.15) is 0 Å². The summed E-state index contributed by atoms with van der Waals surface area (Å²) >= 11 is 0. The second-order valence-electron chi connectivity index (χ2n) is 5.31. The topological polar surface area (TPSA) is 58.4 Å². The van der Waals surface area contributed by atoms with E-state index in [1.807, 2.05) is 14.1 Å². The van der Waals surface area contributed by atoms with Crippen molar-refractivity contribution >= 4 is 17.0 Å². The van der Waals surface area contributed by atoms with E-state index < -0.39 is 5.97 Å². The van der Waals surface area contributed by atoms with E-state index in [-0.39, 0.29) is 0 Å². The van der Waals surface area contributed by atoms with Gasteiger partial charge >= 0.3 is 5.97 Å². The Bertz CT molecular complexity index is 631. The number of carboxylic acid groups (broad SMARTS) is 1. The Balaban J connectivity index is 2.53. The van der Waals surface area contributed by atoms with Crippen molar-refractivity contribution in [3.63, 3.8) is 0 Å². The molecular formula is C15H21N3O2. The largest absolute Gasteiger partial charge is 0.478 e. The minimum absolute atomic E-state index is 0.304. The summed E-state index contributed by atoms with van der Waals surface area (Å²) in [4.78, 5) is 17.9. The number of carboxylic acids is 1. The minimum Gasteiger partial charge on any atom is -0.478 e. The van der Waals surface area contributed by atoms with Gasteiger partial charge in [-0.25, -0.2) is 9.78 Å². The maximum Gasteiger partial charge on any atom is 0.335 e. The number of aromatic carboxylic acids is 1. The molecule has 20 heavy (non-hydrogen) atoms. The highest BCUT2D eigenvalue weighted by molar-refractivity contribution is 5.92. The molecular weight excluding hydrogens is 254 g/mol. The molecule has 0 aliphatic carbocycles. The van der Waals surface area contributed by atoms with Crippen LogP contribution in [0.1, 0.15) is 30.0 Å². The molecule has 0 fully saturated rings. The van der Waals surface area contributed by atoms with Crippen LogP contribution in [0.25, 0.3) is 11.0 Å². The maximum absolute atomic E-state index is 11.1. The van der Waals surface area contributed by atoms with Crippen LogP contribution in [0.4, 0.5) is 0 Å². The molecule has 0 bridgehead atoms. The van der Waals surface area contributed by atoms with Crippen LogP contribution in [-0.4, -0.2) is 45.7 Å². The van der Waals surface area contributed by atoms with Crippen LogP contribution in [0.5, 0.6) is 0 Å². The molecule has 0 aliphatic heterocycles. The van der Waals surface area contributed by atoms with Gasteiger partial charge in [-0.1, -0.05) is 6.92 Å². The molecule has 1 aromatic carbocycles.